The number of benzene rings is 3. The highest BCUT2D eigenvalue weighted by atomic mass is 35.5. The predicted molar refractivity (Wildman–Crippen MR) is 109 cm³/mol. The number of phenols is 1. The van der Waals surface area contributed by atoms with Crippen LogP contribution in [0.15, 0.2) is 60.7 Å². The van der Waals surface area contributed by atoms with Crippen molar-refractivity contribution in [1.82, 2.24) is 0 Å². The lowest BCUT2D eigenvalue weighted by molar-refractivity contribution is 0.481. The molecule has 0 saturated carbocycles. The molecule has 0 aliphatic carbocycles. The van der Waals surface area contributed by atoms with E-state index in [1.54, 1.807) is 6.07 Å². The Balaban J connectivity index is 1.83. The minimum atomic E-state index is 0.286. The molecule has 0 aliphatic rings. The Hall–Kier alpha value is -2.10. The van der Waals surface area contributed by atoms with Gasteiger partial charge in [0.25, 0.3) is 0 Å². The zero-order valence-electron chi connectivity index (χ0n) is 13.8. The average molecular weight is 375 g/mol. The van der Waals surface area contributed by atoms with E-state index < -0.39 is 0 Å². The van der Waals surface area contributed by atoms with Crippen molar-refractivity contribution >= 4 is 51.0 Å². The summed E-state index contributed by atoms with van der Waals surface area (Å²) in [6, 6.07) is 19.6. The Bertz CT molecular complexity index is 831. The van der Waals surface area contributed by atoms with Gasteiger partial charge < -0.3 is 15.3 Å². The molecule has 0 amide bonds. The highest BCUT2D eigenvalue weighted by Crippen LogP contribution is 2.32. The van der Waals surface area contributed by atoms with Gasteiger partial charge in [-0.05, 0) is 36.4 Å². The molecule has 3 nitrogen and oxygen atoms in total. The second-order valence-corrected chi connectivity index (χ2v) is 6.47. The number of alkyl halides is 2. The van der Waals surface area contributed by atoms with E-state index in [1.165, 1.54) is 0 Å². The van der Waals surface area contributed by atoms with Crippen LogP contribution in [0.4, 0.5) is 17.1 Å². The molecule has 0 bridgehead atoms. The van der Waals surface area contributed by atoms with Gasteiger partial charge in [-0.3, -0.25) is 0 Å². The van der Waals surface area contributed by atoms with Crippen molar-refractivity contribution in [3.05, 3.63) is 60.7 Å². The highest BCUT2D eigenvalue weighted by Gasteiger charge is 2.07. The predicted octanol–water partition coefficient (Wildman–Crippen LogP) is 5.57. The van der Waals surface area contributed by atoms with Crippen LogP contribution in [0.1, 0.15) is 0 Å². The summed E-state index contributed by atoms with van der Waals surface area (Å²) in [4.78, 5) is 2.17. The first-order valence-corrected chi connectivity index (χ1v) is 9.24. The van der Waals surface area contributed by atoms with E-state index in [0.29, 0.717) is 11.8 Å². The van der Waals surface area contributed by atoms with Crippen LogP contribution in [0, 0.1) is 0 Å². The van der Waals surface area contributed by atoms with Crippen LogP contribution in [0.5, 0.6) is 5.75 Å². The summed E-state index contributed by atoms with van der Waals surface area (Å²) in [6.07, 6.45) is 0. The van der Waals surface area contributed by atoms with Crippen molar-refractivity contribution in [3.8, 4) is 5.75 Å². The van der Waals surface area contributed by atoms with E-state index in [2.05, 4.69) is 22.3 Å². The van der Waals surface area contributed by atoms with Crippen molar-refractivity contribution in [2.75, 3.05) is 35.1 Å². The van der Waals surface area contributed by atoms with Gasteiger partial charge in [0.2, 0.25) is 0 Å². The van der Waals surface area contributed by atoms with E-state index in [-0.39, 0.29) is 5.75 Å². The minimum absolute atomic E-state index is 0.286. The Morgan fingerprint density at radius 2 is 1.44 bits per heavy atom. The number of halogens is 2. The topological polar surface area (TPSA) is 35.5 Å². The molecule has 0 saturated heterocycles. The molecular formula is C20H20Cl2N2O. The molecule has 3 aromatic rings. The third kappa shape index (κ3) is 4.12. The quantitative estimate of drug-likeness (QED) is 0.418. The van der Waals surface area contributed by atoms with Gasteiger partial charge in [0.15, 0.2) is 0 Å². The summed E-state index contributed by atoms with van der Waals surface area (Å²) in [7, 11) is 0. The van der Waals surface area contributed by atoms with Crippen LogP contribution in [0.25, 0.3) is 10.8 Å². The zero-order chi connectivity index (χ0) is 17.6. The number of nitrogens with one attached hydrogen (secondary N) is 1. The Morgan fingerprint density at radius 1 is 0.800 bits per heavy atom. The van der Waals surface area contributed by atoms with Gasteiger partial charge in [-0.1, -0.05) is 24.3 Å². The van der Waals surface area contributed by atoms with Crippen molar-refractivity contribution in [2.45, 2.75) is 0 Å². The maximum atomic E-state index is 10.0. The van der Waals surface area contributed by atoms with Crippen LogP contribution in [0.3, 0.4) is 0 Å². The second kappa shape index (κ2) is 8.32. The number of phenolic OH excluding ortho intramolecular Hbond substituents is 1. The summed E-state index contributed by atoms with van der Waals surface area (Å²) in [5, 5.41) is 15.2. The normalized spacial score (nSPS) is 10.8. The van der Waals surface area contributed by atoms with Crippen molar-refractivity contribution in [3.63, 3.8) is 0 Å². The maximum Gasteiger partial charge on any atom is 0.123 e. The third-order valence-electron chi connectivity index (χ3n) is 4.12. The summed E-state index contributed by atoms with van der Waals surface area (Å²) in [5.74, 6) is 1.42. The number of hydrogen-bond donors (Lipinski definition) is 2. The fourth-order valence-corrected chi connectivity index (χ4v) is 3.29. The van der Waals surface area contributed by atoms with E-state index >= 15 is 0 Å². The van der Waals surface area contributed by atoms with Gasteiger partial charge in [-0.25, -0.2) is 0 Å². The molecule has 0 aromatic heterocycles. The van der Waals surface area contributed by atoms with Gasteiger partial charge in [-0.2, -0.15) is 0 Å². The third-order valence-corrected chi connectivity index (χ3v) is 4.46. The largest absolute Gasteiger partial charge is 0.507 e. The zero-order valence-corrected chi connectivity index (χ0v) is 15.3. The molecule has 5 heteroatoms. The van der Waals surface area contributed by atoms with Crippen LogP contribution in [0.2, 0.25) is 0 Å². The number of fused-ring (bicyclic) bond motifs is 1. The van der Waals surface area contributed by atoms with E-state index in [9.17, 15) is 5.11 Å². The van der Waals surface area contributed by atoms with E-state index in [4.69, 9.17) is 23.2 Å². The summed E-state index contributed by atoms with van der Waals surface area (Å²) >= 11 is 11.7. The van der Waals surface area contributed by atoms with Crippen LogP contribution in [-0.4, -0.2) is 30.0 Å². The van der Waals surface area contributed by atoms with Gasteiger partial charge in [0, 0.05) is 52.7 Å². The molecular weight excluding hydrogens is 355 g/mol. The summed E-state index contributed by atoms with van der Waals surface area (Å²) in [5.41, 5.74) is 3.04. The van der Waals surface area contributed by atoms with Gasteiger partial charge >= 0.3 is 0 Å². The fourth-order valence-electron chi connectivity index (χ4n) is 2.88. The number of anilines is 3. The average Bonchev–Trinajstić information content (AvgIpc) is 2.65. The Morgan fingerprint density at radius 3 is 2.08 bits per heavy atom. The van der Waals surface area contributed by atoms with Crippen molar-refractivity contribution in [2.24, 2.45) is 0 Å². The lowest BCUT2D eigenvalue weighted by Gasteiger charge is -2.23. The molecule has 3 rings (SSSR count). The fraction of sp³-hybridized carbons (Fsp3) is 0.200. The standard InChI is InChI=1S/C20H20Cl2N2O/c21-11-13-24(14-12-22)16-7-5-15(6-8-16)23-19-9-10-20(25)18-4-2-1-3-17(18)19/h1-10,23,25H,11-14H2. The van der Waals surface area contributed by atoms with Crippen molar-refractivity contribution in [1.29, 1.82) is 0 Å². The summed E-state index contributed by atoms with van der Waals surface area (Å²) < 4.78 is 0. The Kier molecular flexibility index (Phi) is 5.90. The van der Waals surface area contributed by atoms with Gasteiger partial charge in [0.05, 0.1) is 0 Å². The molecule has 0 fully saturated rings. The van der Waals surface area contributed by atoms with Crippen LogP contribution in [-0.2, 0) is 0 Å². The van der Waals surface area contributed by atoms with Crippen LogP contribution >= 0.6 is 23.2 Å². The molecule has 3 aromatic carbocycles. The monoisotopic (exact) mass is 374 g/mol. The first-order valence-electron chi connectivity index (χ1n) is 8.17. The van der Waals surface area contributed by atoms with E-state index in [0.717, 1.165) is 40.9 Å². The first kappa shape index (κ1) is 17.7. The molecule has 0 aliphatic heterocycles. The van der Waals surface area contributed by atoms with Gasteiger partial charge in [0.1, 0.15) is 5.75 Å². The second-order valence-electron chi connectivity index (χ2n) is 5.71. The smallest absolute Gasteiger partial charge is 0.123 e. The minimum Gasteiger partial charge on any atom is -0.507 e. The molecule has 0 radical (unpaired) electrons. The SMILES string of the molecule is Oc1ccc(Nc2ccc(N(CCCl)CCCl)cc2)c2ccccc12. The number of aromatic hydroxyl groups is 1. The number of nitrogens with zero attached hydrogens (tertiary/aromatic N) is 1. The van der Waals surface area contributed by atoms with Gasteiger partial charge in [-0.15, -0.1) is 23.2 Å². The highest BCUT2D eigenvalue weighted by molar-refractivity contribution is 6.18. The molecule has 25 heavy (non-hydrogen) atoms. The van der Waals surface area contributed by atoms with Crippen molar-refractivity contribution < 1.29 is 5.11 Å². The van der Waals surface area contributed by atoms with E-state index in [1.807, 2.05) is 42.5 Å². The lowest BCUT2D eigenvalue weighted by Crippen LogP contribution is -2.27. The Labute approximate surface area is 157 Å². The maximum absolute atomic E-state index is 10.0. The molecule has 0 heterocycles. The lowest BCUT2D eigenvalue weighted by atomic mass is 10.1. The van der Waals surface area contributed by atoms with Crippen LogP contribution < -0.4 is 10.2 Å². The molecule has 0 unspecified atom stereocenters. The summed E-state index contributed by atoms with van der Waals surface area (Å²) in [6.45, 7) is 1.54. The number of rotatable bonds is 7. The molecule has 2 N–H and O–H groups in total. The molecule has 130 valence electrons. The first-order chi connectivity index (χ1) is 12.2. The molecule has 0 spiro atoms. The molecule has 0 atom stereocenters. The number of hydrogen-bond acceptors (Lipinski definition) is 3.